The summed E-state index contributed by atoms with van der Waals surface area (Å²) in [5.74, 6) is 0. The Labute approximate surface area is 119 Å². The molecule has 0 unspecified atom stereocenters. The first-order valence-electron chi connectivity index (χ1n) is 5.44. The van der Waals surface area contributed by atoms with Crippen LogP contribution >= 0.6 is 15.9 Å². The van der Waals surface area contributed by atoms with Gasteiger partial charge in [-0.05, 0) is 24.6 Å². The Morgan fingerprint density at radius 3 is 2.74 bits per heavy atom. The molecule has 0 heterocycles. The lowest BCUT2D eigenvalue weighted by Gasteiger charge is -2.10. The first-order valence-corrected chi connectivity index (χ1v) is 7.72. The molecular weight excluding hydrogens is 344 g/mol. The molecule has 0 saturated carbocycles. The number of rotatable bonds is 7. The Morgan fingerprint density at radius 2 is 2.11 bits per heavy atom. The molecule has 0 aliphatic rings. The maximum atomic E-state index is 12.0. The van der Waals surface area contributed by atoms with Gasteiger partial charge in [-0.25, -0.2) is 21.9 Å². The van der Waals surface area contributed by atoms with Crippen molar-refractivity contribution < 1.29 is 21.9 Å². The first kappa shape index (κ1) is 16.5. The Kier molecular flexibility index (Phi) is 6.31. The van der Waals surface area contributed by atoms with E-state index < -0.39 is 23.1 Å². The van der Waals surface area contributed by atoms with Crippen LogP contribution in [0.2, 0.25) is 0 Å². The van der Waals surface area contributed by atoms with Gasteiger partial charge in [0.2, 0.25) is 10.0 Å². The molecular formula is C11H14BrF2NO3S. The Bertz CT molecular complexity index is 523. The fourth-order valence-corrected chi connectivity index (χ4v) is 3.16. The molecule has 19 heavy (non-hydrogen) atoms. The standard InChI is InChI=1S/C11H14BrF2NO3S/c1-8-2-3-9(12)6-10(8)19(16,17)15-4-5-18-7-11(13)14/h2-3,6,11,15H,4-5,7H2,1H3. The Balaban J connectivity index is 2.59. The molecule has 0 atom stereocenters. The molecule has 1 N–H and O–H groups in total. The van der Waals surface area contributed by atoms with Crippen LogP contribution in [0.3, 0.4) is 0 Å². The minimum absolute atomic E-state index is 0.0546. The predicted octanol–water partition coefficient (Wildman–Crippen LogP) is 2.32. The fourth-order valence-electron chi connectivity index (χ4n) is 1.36. The third-order valence-electron chi connectivity index (χ3n) is 2.22. The molecule has 0 saturated heterocycles. The summed E-state index contributed by atoms with van der Waals surface area (Å²) >= 11 is 3.20. The largest absolute Gasteiger partial charge is 0.374 e. The number of aryl methyl sites for hydroxylation is 1. The highest BCUT2D eigenvalue weighted by Gasteiger charge is 2.16. The fraction of sp³-hybridized carbons (Fsp3) is 0.455. The van der Waals surface area contributed by atoms with Gasteiger partial charge in [-0.1, -0.05) is 22.0 Å². The van der Waals surface area contributed by atoms with Crippen LogP contribution < -0.4 is 4.72 Å². The number of benzene rings is 1. The van der Waals surface area contributed by atoms with Gasteiger partial charge in [-0.3, -0.25) is 0 Å². The first-order chi connectivity index (χ1) is 8.83. The maximum Gasteiger partial charge on any atom is 0.261 e. The van der Waals surface area contributed by atoms with Crippen LogP contribution in [0.4, 0.5) is 8.78 Å². The van der Waals surface area contributed by atoms with Gasteiger partial charge < -0.3 is 4.74 Å². The zero-order valence-corrected chi connectivity index (χ0v) is 12.6. The molecule has 4 nitrogen and oxygen atoms in total. The van der Waals surface area contributed by atoms with E-state index in [0.717, 1.165) is 0 Å². The molecule has 0 radical (unpaired) electrons. The van der Waals surface area contributed by atoms with Gasteiger partial charge in [0.15, 0.2) is 0 Å². The lowest BCUT2D eigenvalue weighted by atomic mass is 10.2. The smallest absolute Gasteiger partial charge is 0.261 e. The van der Waals surface area contributed by atoms with Crippen molar-refractivity contribution in [2.75, 3.05) is 19.8 Å². The zero-order valence-electron chi connectivity index (χ0n) is 10.2. The number of ether oxygens (including phenoxy) is 1. The van der Waals surface area contributed by atoms with E-state index in [1.807, 2.05) is 0 Å². The summed E-state index contributed by atoms with van der Waals surface area (Å²) in [5, 5.41) is 0. The van der Waals surface area contributed by atoms with E-state index in [1.54, 1.807) is 19.1 Å². The monoisotopic (exact) mass is 357 g/mol. The minimum Gasteiger partial charge on any atom is -0.374 e. The number of hydrogen-bond donors (Lipinski definition) is 1. The summed E-state index contributed by atoms with van der Waals surface area (Å²) in [6.07, 6.45) is -2.55. The van der Waals surface area contributed by atoms with Crippen LogP contribution in [0.1, 0.15) is 5.56 Å². The van der Waals surface area contributed by atoms with Crippen LogP contribution in [-0.4, -0.2) is 34.6 Å². The van der Waals surface area contributed by atoms with Crippen molar-refractivity contribution in [1.29, 1.82) is 0 Å². The highest BCUT2D eigenvalue weighted by molar-refractivity contribution is 9.10. The molecule has 108 valence electrons. The summed E-state index contributed by atoms with van der Waals surface area (Å²) in [6, 6.07) is 4.89. The van der Waals surface area contributed by atoms with Crippen LogP contribution in [-0.2, 0) is 14.8 Å². The van der Waals surface area contributed by atoms with Crippen LogP contribution in [0.5, 0.6) is 0 Å². The molecule has 0 aliphatic heterocycles. The van der Waals surface area contributed by atoms with E-state index in [9.17, 15) is 17.2 Å². The van der Waals surface area contributed by atoms with Gasteiger partial charge in [0.1, 0.15) is 6.61 Å². The van der Waals surface area contributed by atoms with Crippen LogP contribution in [0.15, 0.2) is 27.6 Å². The van der Waals surface area contributed by atoms with Crippen molar-refractivity contribution in [2.24, 2.45) is 0 Å². The van der Waals surface area contributed by atoms with Gasteiger partial charge in [0.05, 0.1) is 11.5 Å². The second kappa shape index (κ2) is 7.28. The van der Waals surface area contributed by atoms with E-state index in [2.05, 4.69) is 25.4 Å². The molecule has 0 bridgehead atoms. The molecule has 0 fully saturated rings. The van der Waals surface area contributed by atoms with Crippen molar-refractivity contribution >= 4 is 26.0 Å². The van der Waals surface area contributed by atoms with Gasteiger partial charge in [0.25, 0.3) is 6.43 Å². The van der Waals surface area contributed by atoms with E-state index >= 15 is 0 Å². The summed E-state index contributed by atoms with van der Waals surface area (Å²) in [5.41, 5.74) is 0.601. The molecule has 0 aromatic heterocycles. The molecule has 0 aliphatic carbocycles. The molecule has 8 heteroatoms. The highest BCUT2D eigenvalue weighted by atomic mass is 79.9. The Hall–Kier alpha value is -0.570. The molecule has 1 rings (SSSR count). The number of halogens is 3. The van der Waals surface area contributed by atoms with Gasteiger partial charge >= 0.3 is 0 Å². The molecule has 1 aromatic rings. The minimum atomic E-state index is -3.66. The van der Waals surface area contributed by atoms with Crippen LogP contribution in [0, 0.1) is 6.92 Å². The van der Waals surface area contributed by atoms with Crippen molar-refractivity contribution in [3.63, 3.8) is 0 Å². The van der Waals surface area contributed by atoms with Gasteiger partial charge in [-0.2, -0.15) is 0 Å². The summed E-state index contributed by atoms with van der Waals surface area (Å²) < 4.78 is 55.1. The third-order valence-corrected chi connectivity index (χ3v) is 4.32. The van der Waals surface area contributed by atoms with E-state index in [4.69, 9.17) is 0 Å². The lowest BCUT2D eigenvalue weighted by Crippen LogP contribution is -2.28. The average molecular weight is 358 g/mol. The maximum absolute atomic E-state index is 12.0. The quantitative estimate of drug-likeness (QED) is 0.762. The van der Waals surface area contributed by atoms with Crippen LogP contribution in [0.25, 0.3) is 0 Å². The highest BCUT2D eigenvalue weighted by Crippen LogP contribution is 2.20. The van der Waals surface area contributed by atoms with E-state index in [1.165, 1.54) is 6.07 Å². The summed E-state index contributed by atoms with van der Waals surface area (Å²) in [7, 11) is -3.66. The summed E-state index contributed by atoms with van der Waals surface area (Å²) in [4.78, 5) is 0.149. The lowest BCUT2D eigenvalue weighted by molar-refractivity contribution is 0.0199. The third kappa shape index (κ3) is 5.52. The normalized spacial score (nSPS) is 12.1. The number of alkyl halides is 2. The second-order valence-electron chi connectivity index (χ2n) is 3.77. The van der Waals surface area contributed by atoms with Crippen molar-refractivity contribution in [3.05, 3.63) is 28.2 Å². The van der Waals surface area contributed by atoms with E-state index in [0.29, 0.717) is 10.0 Å². The molecule has 0 spiro atoms. The van der Waals surface area contributed by atoms with Crippen molar-refractivity contribution in [3.8, 4) is 0 Å². The predicted molar refractivity (Wildman–Crippen MR) is 70.9 cm³/mol. The number of hydrogen-bond acceptors (Lipinski definition) is 3. The molecule has 1 aromatic carbocycles. The Morgan fingerprint density at radius 1 is 1.42 bits per heavy atom. The van der Waals surface area contributed by atoms with Gasteiger partial charge in [0, 0.05) is 11.0 Å². The average Bonchev–Trinajstić information content (AvgIpc) is 2.31. The summed E-state index contributed by atoms with van der Waals surface area (Å²) in [6.45, 7) is 0.823. The zero-order chi connectivity index (χ0) is 14.5. The second-order valence-corrected chi connectivity index (χ2v) is 6.42. The topological polar surface area (TPSA) is 55.4 Å². The number of sulfonamides is 1. The number of nitrogens with one attached hydrogen (secondary N) is 1. The van der Waals surface area contributed by atoms with Crippen molar-refractivity contribution in [1.82, 2.24) is 4.72 Å². The van der Waals surface area contributed by atoms with E-state index in [-0.39, 0.29) is 18.0 Å². The molecule has 0 amide bonds. The van der Waals surface area contributed by atoms with Gasteiger partial charge in [-0.15, -0.1) is 0 Å². The van der Waals surface area contributed by atoms with Crippen molar-refractivity contribution in [2.45, 2.75) is 18.2 Å². The SMILES string of the molecule is Cc1ccc(Br)cc1S(=O)(=O)NCCOCC(F)F.